The average molecular weight is 257 g/mol. The molecule has 1 aromatic rings. The van der Waals surface area contributed by atoms with E-state index in [9.17, 15) is 14.0 Å². The molecule has 17 heavy (non-hydrogen) atoms. The van der Waals surface area contributed by atoms with Crippen LogP contribution >= 0.6 is 11.6 Å². The summed E-state index contributed by atoms with van der Waals surface area (Å²) in [5, 5.41) is 0.182. The minimum Gasteiger partial charge on any atom is -0.469 e. The average Bonchev–Trinajstić information content (AvgIpc) is 2.29. The molecule has 0 N–H and O–H groups in total. The molecular formula is C12H10ClFO3. The second-order valence-corrected chi connectivity index (χ2v) is 4.37. The topological polar surface area (TPSA) is 43.4 Å². The first-order valence-corrected chi connectivity index (χ1v) is 5.49. The van der Waals surface area contributed by atoms with E-state index in [0.29, 0.717) is 12.0 Å². The van der Waals surface area contributed by atoms with E-state index in [-0.39, 0.29) is 22.8 Å². The van der Waals surface area contributed by atoms with Gasteiger partial charge in [-0.1, -0.05) is 11.6 Å². The Hall–Kier alpha value is -1.42. The molecule has 1 atom stereocenters. The SMILES string of the molecule is COC(=O)C1CC(=O)c2cc(F)cc(Cl)c2C1. The van der Waals surface area contributed by atoms with Gasteiger partial charge in [-0.3, -0.25) is 9.59 Å². The highest BCUT2D eigenvalue weighted by Gasteiger charge is 2.32. The summed E-state index contributed by atoms with van der Waals surface area (Å²) in [7, 11) is 1.27. The molecule has 0 heterocycles. The van der Waals surface area contributed by atoms with Crippen LogP contribution in [0.1, 0.15) is 22.3 Å². The van der Waals surface area contributed by atoms with Gasteiger partial charge in [0.05, 0.1) is 13.0 Å². The number of fused-ring (bicyclic) bond motifs is 1. The highest BCUT2D eigenvalue weighted by molar-refractivity contribution is 6.32. The summed E-state index contributed by atoms with van der Waals surface area (Å²) in [6.07, 6.45) is 0.353. The lowest BCUT2D eigenvalue weighted by Gasteiger charge is -2.22. The van der Waals surface area contributed by atoms with E-state index in [2.05, 4.69) is 4.74 Å². The Kier molecular flexibility index (Phi) is 3.15. The van der Waals surface area contributed by atoms with Crippen LogP contribution in [0.5, 0.6) is 0 Å². The van der Waals surface area contributed by atoms with Crippen molar-refractivity contribution in [3.8, 4) is 0 Å². The zero-order valence-corrected chi connectivity index (χ0v) is 9.88. The summed E-state index contributed by atoms with van der Waals surface area (Å²) < 4.78 is 17.7. The van der Waals surface area contributed by atoms with Gasteiger partial charge >= 0.3 is 5.97 Å². The Bertz CT molecular complexity index is 499. The lowest BCUT2D eigenvalue weighted by molar-refractivity contribution is -0.145. The predicted octanol–water partition coefficient (Wildman–Crippen LogP) is 2.40. The first-order chi connectivity index (χ1) is 8.02. The zero-order valence-electron chi connectivity index (χ0n) is 9.13. The van der Waals surface area contributed by atoms with Crippen LogP contribution in [0.15, 0.2) is 12.1 Å². The summed E-state index contributed by atoms with van der Waals surface area (Å²) in [4.78, 5) is 23.2. The summed E-state index contributed by atoms with van der Waals surface area (Å²) in [6, 6.07) is 2.31. The van der Waals surface area contributed by atoms with Crippen LogP contribution in [0.2, 0.25) is 5.02 Å². The Morgan fingerprint density at radius 1 is 1.47 bits per heavy atom. The number of methoxy groups -OCH3 is 1. The first-order valence-electron chi connectivity index (χ1n) is 5.12. The normalized spacial score (nSPS) is 18.8. The van der Waals surface area contributed by atoms with E-state index < -0.39 is 17.7 Å². The molecular weight excluding hydrogens is 247 g/mol. The van der Waals surface area contributed by atoms with Gasteiger partial charge in [-0.25, -0.2) is 4.39 Å². The van der Waals surface area contributed by atoms with Crippen LogP contribution in [0.4, 0.5) is 4.39 Å². The van der Waals surface area contributed by atoms with Gasteiger partial charge in [0.25, 0.3) is 0 Å². The molecule has 0 saturated carbocycles. The third-order valence-corrected chi connectivity index (χ3v) is 3.21. The molecule has 5 heteroatoms. The number of carbonyl (C=O) groups is 2. The van der Waals surface area contributed by atoms with Gasteiger partial charge in [-0.2, -0.15) is 0 Å². The quantitative estimate of drug-likeness (QED) is 0.725. The molecule has 1 aromatic carbocycles. The molecule has 0 fully saturated rings. The molecule has 0 amide bonds. The Balaban J connectivity index is 2.43. The number of rotatable bonds is 1. The van der Waals surface area contributed by atoms with Crippen LogP contribution < -0.4 is 0 Å². The van der Waals surface area contributed by atoms with E-state index in [4.69, 9.17) is 11.6 Å². The fourth-order valence-corrected chi connectivity index (χ4v) is 2.33. The van der Waals surface area contributed by atoms with E-state index in [1.54, 1.807) is 0 Å². The summed E-state index contributed by atoms with van der Waals surface area (Å²) in [5.41, 5.74) is 0.801. The van der Waals surface area contributed by atoms with Crippen molar-refractivity contribution < 1.29 is 18.7 Å². The van der Waals surface area contributed by atoms with Crippen LogP contribution in [0, 0.1) is 11.7 Å². The number of ketones is 1. The number of benzene rings is 1. The van der Waals surface area contributed by atoms with Gasteiger partial charge in [0.2, 0.25) is 0 Å². The molecule has 3 nitrogen and oxygen atoms in total. The van der Waals surface area contributed by atoms with E-state index in [1.165, 1.54) is 7.11 Å². The first kappa shape index (κ1) is 12.0. The predicted molar refractivity (Wildman–Crippen MR) is 59.6 cm³/mol. The molecule has 1 aliphatic rings. The molecule has 0 bridgehead atoms. The van der Waals surface area contributed by atoms with Gasteiger partial charge < -0.3 is 4.74 Å². The van der Waals surface area contributed by atoms with E-state index >= 15 is 0 Å². The molecule has 1 unspecified atom stereocenters. The summed E-state index contributed by atoms with van der Waals surface area (Å²) in [5.74, 6) is -1.78. The van der Waals surface area contributed by atoms with Crippen molar-refractivity contribution in [2.24, 2.45) is 5.92 Å². The minimum atomic E-state index is -0.543. The molecule has 2 rings (SSSR count). The van der Waals surface area contributed by atoms with Crippen LogP contribution in [0.25, 0.3) is 0 Å². The third-order valence-electron chi connectivity index (χ3n) is 2.88. The fourth-order valence-electron chi connectivity index (χ4n) is 2.05. The smallest absolute Gasteiger partial charge is 0.309 e. The maximum absolute atomic E-state index is 13.1. The molecule has 90 valence electrons. The molecule has 0 saturated heterocycles. The second kappa shape index (κ2) is 4.45. The van der Waals surface area contributed by atoms with Gasteiger partial charge in [-0.15, -0.1) is 0 Å². The van der Waals surface area contributed by atoms with Gasteiger partial charge in [0.1, 0.15) is 5.82 Å². The Morgan fingerprint density at radius 3 is 2.82 bits per heavy atom. The van der Waals surface area contributed by atoms with Crippen molar-refractivity contribution in [3.05, 3.63) is 34.1 Å². The fraction of sp³-hybridized carbons (Fsp3) is 0.333. The number of esters is 1. The standard InChI is InChI=1S/C12H10ClFO3/c1-17-12(16)6-2-8-9(11(15)3-6)4-7(14)5-10(8)13/h4-6H,2-3H2,1H3. The van der Waals surface area contributed by atoms with E-state index in [1.807, 2.05) is 0 Å². The number of carbonyl (C=O) groups excluding carboxylic acids is 2. The highest BCUT2D eigenvalue weighted by Crippen LogP contribution is 2.32. The van der Waals surface area contributed by atoms with Gasteiger partial charge in [0, 0.05) is 17.0 Å². The molecule has 1 aliphatic carbocycles. The molecule has 0 aromatic heterocycles. The number of halogens is 2. The maximum atomic E-state index is 13.1. The Labute approximate surface area is 103 Å². The maximum Gasteiger partial charge on any atom is 0.309 e. The highest BCUT2D eigenvalue weighted by atomic mass is 35.5. The molecule has 0 radical (unpaired) electrons. The minimum absolute atomic E-state index is 0.0411. The third kappa shape index (κ3) is 2.17. The molecule has 0 spiro atoms. The van der Waals surface area contributed by atoms with Crippen molar-refractivity contribution in [1.82, 2.24) is 0 Å². The number of Topliss-reactive ketones (excluding diaryl/α,β-unsaturated/α-hetero) is 1. The lowest BCUT2D eigenvalue weighted by Crippen LogP contribution is -2.27. The van der Waals surface area contributed by atoms with E-state index in [0.717, 1.165) is 12.1 Å². The van der Waals surface area contributed by atoms with Crippen molar-refractivity contribution in [3.63, 3.8) is 0 Å². The second-order valence-electron chi connectivity index (χ2n) is 3.97. The monoisotopic (exact) mass is 256 g/mol. The Morgan fingerprint density at radius 2 is 2.18 bits per heavy atom. The summed E-state index contributed by atoms with van der Waals surface area (Å²) >= 11 is 5.88. The van der Waals surface area contributed by atoms with Crippen molar-refractivity contribution in [1.29, 1.82) is 0 Å². The van der Waals surface area contributed by atoms with Crippen molar-refractivity contribution in [2.45, 2.75) is 12.8 Å². The number of ether oxygens (including phenoxy) is 1. The molecule has 0 aliphatic heterocycles. The lowest BCUT2D eigenvalue weighted by atomic mass is 9.83. The zero-order chi connectivity index (χ0) is 12.6. The van der Waals surface area contributed by atoms with Crippen LogP contribution in [-0.4, -0.2) is 18.9 Å². The largest absolute Gasteiger partial charge is 0.469 e. The van der Waals surface area contributed by atoms with Crippen LogP contribution in [-0.2, 0) is 16.0 Å². The van der Waals surface area contributed by atoms with Gasteiger partial charge in [-0.05, 0) is 24.1 Å². The van der Waals surface area contributed by atoms with Crippen LogP contribution in [0.3, 0.4) is 0 Å². The van der Waals surface area contributed by atoms with Crippen molar-refractivity contribution in [2.75, 3.05) is 7.11 Å². The van der Waals surface area contributed by atoms with Gasteiger partial charge in [0.15, 0.2) is 5.78 Å². The summed E-state index contributed by atoms with van der Waals surface area (Å²) in [6.45, 7) is 0. The number of hydrogen-bond donors (Lipinski definition) is 0. The van der Waals surface area contributed by atoms with Crippen molar-refractivity contribution >= 4 is 23.4 Å². The number of hydrogen-bond acceptors (Lipinski definition) is 3.